The van der Waals surface area contributed by atoms with Crippen molar-refractivity contribution < 1.29 is 23.4 Å². The molecule has 0 radical (unpaired) electrons. The van der Waals surface area contributed by atoms with E-state index in [1.54, 1.807) is 9.47 Å². The van der Waals surface area contributed by atoms with Crippen LogP contribution < -0.4 is 16.1 Å². The Labute approximate surface area is 164 Å². The van der Waals surface area contributed by atoms with Crippen LogP contribution in [0, 0.1) is 5.82 Å². The summed E-state index contributed by atoms with van der Waals surface area (Å²) in [5, 5.41) is 9.23. The molecule has 2 aliphatic rings. The van der Waals surface area contributed by atoms with Crippen LogP contribution in [0.1, 0.15) is 29.2 Å². The van der Waals surface area contributed by atoms with E-state index in [0.29, 0.717) is 5.57 Å². The minimum Gasteiger partial charge on any atom is -0.477 e. The van der Waals surface area contributed by atoms with E-state index >= 15 is 0 Å². The molecule has 0 atom stereocenters. The van der Waals surface area contributed by atoms with Crippen LogP contribution in [-0.4, -0.2) is 53.5 Å². The van der Waals surface area contributed by atoms with Crippen molar-refractivity contribution >= 4 is 22.8 Å². The number of hydrogen-bond acceptors (Lipinski definition) is 6. The fourth-order valence-corrected chi connectivity index (χ4v) is 3.46. The third-order valence-electron chi connectivity index (χ3n) is 5.14. The zero-order chi connectivity index (χ0) is 20.7. The van der Waals surface area contributed by atoms with E-state index in [4.69, 9.17) is 10.5 Å². The summed E-state index contributed by atoms with van der Waals surface area (Å²) in [5.74, 6) is -2.71. The van der Waals surface area contributed by atoms with Gasteiger partial charge in [-0.2, -0.15) is 0 Å². The lowest BCUT2D eigenvalue weighted by Gasteiger charge is -2.23. The van der Waals surface area contributed by atoms with E-state index in [1.807, 2.05) is 0 Å². The highest BCUT2D eigenvalue weighted by atomic mass is 19.1. The molecule has 3 heterocycles. The Morgan fingerprint density at radius 2 is 2.17 bits per heavy atom. The van der Waals surface area contributed by atoms with Crippen LogP contribution in [0.4, 0.5) is 14.6 Å². The number of nitrogens with zero attached hydrogens (tertiary/aromatic N) is 3. The van der Waals surface area contributed by atoms with Crippen molar-refractivity contribution in [3.63, 3.8) is 0 Å². The summed E-state index contributed by atoms with van der Waals surface area (Å²) in [6.07, 6.45) is 2.90. The van der Waals surface area contributed by atoms with Crippen LogP contribution in [0.25, 0.3) is 11.0 Å². The Morgan fingerprint density at radius 3 is 2.83 bits per heavy atom. The predicted octanol–water partition coefficient (Wildman–Crippen LogP) is 1.59. The Bertz CT molecular complexity index is 1080. The molecule has 8 nitrogen and oxygen atoms in total. The molecule has 4 rings (SSSR count). The van der Waals surface area contributed by atoms with Crippen LogP contribution in [0.15, 0.2) is 28.5 Å². The number of aromatic nitrogens is 2. The first-order valence-electron chi connectivity index (χ1n) is 9.28. The average Bonchev–Trinajstić information content (AvgIpc) is 3.54. The molecule has 29 heavy (non-hydrogen) atoms. The number of anilines is 1. The summed E-state index contributed by atoms with van der Waals surface area (Å²) < 4.78 is 36.0. The fourth-order valence-electron chi connectivity index (χ4n) is 3.46. The van der Waals surface area contributed by atoms with Crippen molar-refractivity contribution in [2.24, 2.45) is 5.73 Å². The van der Waals surface area contributed by atoms with Crippen LogP contribution in [-0.2, 0) is 4.74 Å². The molecular formula is C19H20F2N4O4. The quantitative estimate of drug-likeness (QED) is 0.793. The lowest BCUT2D eigenvalue weighted by Crippen LogP contribution is -2.30. The first-order valence-corrected chi connectivity index (χ1v) is 9.28. The number of fused-ring (bicyclic) bond motifs is 1. The maximum Gasteiger partial charge on any atom is 0.341 e. The topological polar surface area (TPSA) is 111 Å². The van der Waals surface area contributed by atoms with Crippen molar-refractivity contribution in [2.45, 2.75) is 18.9 Å². The van der Waals surface area contributed by atoms with Crippen molar-refractivity contribution in [1.82, 2.24) is 9.55 Å². The Balaban J connectivity index is 1.87. The van der Waals surface area contributed by atoms with Crippen LogP contribution in [0.2, 0.25) is 0 Å². The molecule has 2 fully saturated rings. The maximum absolute atomic E-state index is 14.9. The van der Waals surface area contributed by atoms with Crippen molar-refractivity contribution in [1.29, 1.82) is 0 Å². The SMILES string of the molecule is NCC(F)=C1COCCN(c2nc3c(cc2F)c(=O)c(C(=O)O)cn3C2CC2)C1. The molecule has 3 N–H and O–H groups in total. The van der Waals surface area contributed by atoms with Gasteiger partial charge in [0.1, 0.15) is 17.0 Å². The van der Waals surface area contributed by atoms with E-state index in [9.17, 15) is 23.5 Å². The minimum atomic E-state index is -1.37. The molecule has 0 amide bonds. The monoisotopic (exact) mass is 406 g/mol. The lowest BCUT2D eigenvalue weighted by atomic mass is 10.1. The van der Waals surface area contributed by atoms with E-state index in [0.717, 1.165) is 18.9 Å². The first kappa shape index (κ1) is 19.5. The second kappa shape index (κ2) is 7.53. The van der Waals surface area contributed by atoms with Gasteiger partial charge in [-0.1, -0.05) is 0 Å². The van der Waals surface area contributed by atoms with Gasteiger partial charge in [-0.3, -0.25) is 4.79 Å². The molecule has 154 valence electrons. The number of nitrogens with two attached hydrogens (primary N) is 1. The molecule has 0 aromatic carbocycles. The lowest BCUT2D eigenvalue weighted by molar-refractivity contribution is 0.0695. The van der Waals surface area contributed by atoms with Gasteiger partial charge in [0, 0.05) is 37.4 Å². The predicted molar refractivity (Wildman–Crippen MR) is 101 cm³/mol. The highest BCUT2D eigenvalue weighted by molar-refractivity contribution is 5.92. The molecule has 0 bridgehead atoms. The van der Waals surface area contributed by atoms with Gasteiger partial charge in [0.2, 0.25) is 5.43 Å². The average molecular weight is 406 g/mol. The molecular weight excluding hydrogens is 386 g/mol. The highest BCUT2D eigenvalue weighted by Gasteiger charge is 2.29. The van der Waals surface area contributed by atoms with Gasteiger partial charge in [-0.25, -0.2) is 18.6 Å². The first-order chi connectivity index (χ1) is 13.9. The van der Waals surface area contributed by atoms with E-state index in [-0.39, 0.29) is 55.7 Å². The van der Waals surface area contributed by atoms with Gasteiger partial charge < -0.3 is 25.0 Å². The molecule has 2 aromatic heterocycles. The van der Waals surface area contributed by atoms with Crippen LogP contribution in [0.5, 0.6) is 0 Å². The highest BCUT2D eigenvalue weighted by Crippen LogP contribution is 2.37. The molecule has 1 aliphatic carbocycles. The van der Waals surface area contributed by atoms with Gasteiger partial charge in [-0.15, -0.1) is 0 Å². The fraction of sp³-hybridized carbons (Fsp3) is 0.421. The van der Waals surface area contributed by atoms with Crippen LogP contribution >= 0.6 is 0 Å². The Kier molecular flexibility index (Phi) is 5.05. The zero-order valence-corrected chi connectivity index (χ0v) is 15.5. The standard InChI is InChI=1S/C19H20F2N4O4/c20-14-5-12-16(26)13(19(27)28)8-25(11-1-2-11)17(12)23-18(14)24-3-4-29-9-10(7-24)15(21)6-22/h5,8,11H,1-4,6-7,9,22H2,(H,27,28). The number of rotatable bonds is 4. The van der Waals surface area contributed by atoms with E-state index in [1.165, 1.54) is 6.20 Å². The molecule has 2 aromatic rings. The van der Waals surface area contributed by atoms with Gasteiger partial charge in [0.25, 0.3) is 0 Å². The largest absolute Gasteiger partial charge is 0.477 e. The smallest absolute Gasteiger partial charge is 0.341 e. The van der Waals surface area contributed by atoms with Crippen molar-refractivity contribution in [2.75, 3.05) is 37.7 Å². The van der Waals surface area contributed by atoms with Gasteiger partial charge in [0.15, 0.2) is 11.6 Å². The molecule has 1 saturated carbocycles. The number of carboxylic acids is 1. The van der Waals surface area contributed by atoms with Crippen molar-refractivity contribution in [3.8, 4) is 0 Å². The van der Waals surface area contributed by atoms with E-state index < -0.39 is 28.6 Å². The number of hydrogen-bond donors (Lipinski definition) is 2. The third-order valence-corrected chi connectivity index (χ3v) is 5.14. The van der Waals surface area contributed by atoms with Gasteiger partial charge in [0.05, 0.1) is 18.6 Å². The minimum absolute atomic E-state index is 0.0135. The summed E-state index contributed by atoms with van der Waals surface area (Å²) in [7, 11) is 0. The number of ether oxygens (including phenoxy) is 1. The molecule has 1 aliphatic heterocycles. The number of halogens is 2. The summed E-state index contributed by atoms with van der Waals surface area (Å²) in [6.45, 7) is 0.355. The van der Waals surface area contributed by atoms with Crippen molar-refractivity contribution in [3.05, 3.63) is 45.3 Å². The Morgan fingerprint density at radius 1 is 1.41 bits per heavy atom. The molecule has 0 spiro atoms. The summed E-state index contributed by atoms with van der Waals surface area (Å²) in [6, 6.07) is 1.03. The summed E-state index contributed by atoms with van der Waals surface area (Å²) in [4.78, 5) is 29.9. The number of carbonyl (C=O) groups is 1. The second-order valence-corrected chi connectivity index (χ2v) is 7.17. The molecule has 0 unspecified atom stereocenters. The molecule has 1 saturated heterocycles. The number of pyridine rings is 2. The number of aromatic carboxylic acids is 1. The maximum atomic E-state index is 14.9. The van der Waals surface area contributed by atoms with Gasteiger partial charge >= 0.3 is 5.97 Å². The van der Waals surface area contributed by atoms with Crippen LogP contribution in [0.3, 0.4) is 0 Å². The summed E-state index contributed by atoms with van der Waals surface area (Å²) in [5.41, 5.74) is 4.70. The Hall–Kier alpha value is -2.85. The summed E-state index contributed by atoms with van der Waals surface area (Å²) >= 11 is 0. The number of carboxylic acid groups (broad SMARTS) is 1. The van der Waals surface area contributed by atoms with E-state index in [2.05, 4.69) is 4.98 Å². The third kappa shape index (κ3) is 3.60. The zero-order valence-electron chi connectivity index (χ0n) is 15.5. The van der Waals surface area contributed by atoms with Gasteiger partial charge in [-0.05, 0) is 18.9 Å². The normalized spacial score (nSPS) is 19.3. The molecule has 10 heteroatoms. The second-order valence-electron chi connectivity index (χ2n) is 7.17.